The van der Waals surface area contributed by atoms with Crippen LogP contribution in [-0.2, 0) is 0 Å². The first-order valence-corrected chi connectivity index (χ1v) is 5.79. The second-order valence-corrected chi connectivity index (χ2v) is 4.59. The van der Waals surface area contributed by atoms with Gasteiger partial charge >= 0.3 is 6.03 Å². The molecular weight excluding hydrogens is 200 g/mol. The maximum absolute atomic E-state index is 11.6. The lowest BCUT2D eigenvalue weighted by Crippen LogP contribution is -2.37. The quantitative estimate of drug-likeness (QED) is 0.804. The first-order chi connectivity index (χ1) is 7.65. The Labute approximate surface area is 96.2 Å². The van der Waals surface area contributed by atoms with Gasteiger partial charge in [0.05, 0.1) is 0 Å². The van der Waals surface area contributed by atoms with Crippen LogP contribution in [0.2, 0.25) is 0 Å². The molecule has 1 aliphatic rings. The van der Waals surface area contributed by atoms with Crippen molar-refractivity contribution in [3.63, 3.8) is 0 Å². The van der Waals surface area contributed by atoms with E-state index in [0.29, 0.717) is 5.92 Å². The average molecular weight is 218 g/mol. The molecule has 86 valence electrons. The third-order valence-electron chi connectivity index (χ3n) is 2.96. The predicted molar refractivity (Wildman–Crippen MR) is 65.5 cm³/mol. The van der Waals surface area contributed by atoms with E-state index in [0.717, 1.165) is 11.3 Å². The minimum Gasteiger partial charge on any atom is -0.335 e. The second-order valence-electron chi connectivity index (χ2n) is 4.59. The van der Waals surface area contributed by atoms with Crippen molar-refractivity contribution in [1.82, 2.24) is 5.32 Å². The smallest absolute Gasteiger partial charge is 0.319 e. The first kappa shape index (κ1) is 11.0. The molecule has 0 saturated heterocycles. The van der Waals surface area contributed by atoms with Gasteiger partial charge in [-0.05, 0) is 50.3 Å². The van der Waals surface area contributed by atoms with E-state index in [1.165, 1.54) is 12.8 Å². The number of carbonyl (C=O) groups excluding carboxylic acids is 1. The third-order valence-corrected chi connectivity index (χ3v) is 2.96. The predicted octanol–water partition coefficient (Wildman–Crippen LogP) is 2.92. The zero-order valence-electron chi connectivity index (χ0n) is 9.79. The van der Waals surface area contributed by atoms with Crippen LogP contribution in [0.25, 0.3) is 0 Å². The van der Waals surface area contributed by atoms with Crippen molar-refractivity contribution in [1.29, 1.82) is 0 Å². The summed E-state index contributed by atoms with van der Waals surface area (Å²) in [7, 11) is 0. The molecule has 3 nitrogen and oxygen atoms in total. The molecule has 1 aromatic rings. The molecule has 0 aromatic heterocycles. The number of benzene rings is 1. The van der Waals surface area contributed by atoms with Gasteiger partial charge in [0.2, 0.25) is 0 Å². The SMILES string of the molecule is Cc1cccc(NC(=O)NC(C)C2CC2)c1. The van der Waals surface area contributed by atoms with Crippen LogP contribution in [0.4, 0.5) is 10.5 Å². The number of hydrogen-bond donors (Lipinski definition) is 2. The molecule has 0 bridgehead atoms. The Kier molecular flexibility index (Phi) is 3.13. The van der Waals surface area contributed by atoms with Crippen molar-refractivity contribution < 1.29 is 4.79 Å². The van der Waals surface area contributed by atoms with Crippen LogP contribution in [0, 0.1) is 12.8 Å². The number of nitrogens with one attached hydrogen (secondary N) is 2. The standard InChI is InChI=1S/C13H18N2O/c1-9-4-3-5-12(8-9)15-13(16)14-10(2)11-6-7-11/h3-5,8,10-11H,6-7H2,1-2H3,(H2,14,15,16). The van der Waals surface area contributed by atoms with Gasteiger partial charge in [-0.3, -0.25) is 0 Å². The van der Waals surface area contributed by atoms with Crippen LogP contribution < -0.4 is 10.6 Å². The Morgan fingerprint density at radius 2 is 2.19 bits per heavy atom. The molecule has 0 heterocycles. The second kappa shape index (κ2) is 4.56. The van der Waals surface area contributed by atoms with E-state index in [-0.39, 0.29) is 12.1 Å². The largest absolute Gasteiger partial charge is 0.335 e. The van der Waals surface area contributed by atoms with Gasteiger partial charge in [-0.1, -0.05) is 12.1 Å². The number of urea groups is 1. The Morgan fingerprint density at radius 1 is 1.44 bits per heavy atom. The van der Waals surface area contributed by atoms with Crippen LogP contribution in [-0.4, -0.2) is 12.1 Å². The molecular formula is C13H18N2O. The Bertz CT molecular complexity index is 385. The summed E-state index contributed by atoms with van der Waals surface area (Å²) in [6.07, 6.45) is 2.48. The van der Waals surface area contributed by atoms with Gasteiger partial charge in [-0.2, -0.15) is 0 Å². The summed E-state index contributed by atoms with van der Waals surface area (Å²) in [5, 5.41) is 5.81. The average Bonchev–Trinajstić information content (AvgIpc) is 2.99. The molecule has 16 heavy (non-hydrogen) atoms. The van der Waals surface area contributed by atoms with Crippen LogP contribution in [0.1, 0.15) is 25.3 Å². The fraction of sp³-hybridized carbons (Fsp3) is 0.462. The number of aryl methyl sites for hydroxylation is 1. The highest BCUT2D eigenvalue weighted by molar-refractivity contribution is 5.89. The summed E-state index contributed by atoms with van der Waals surface area (Å²) < 4.78 is 0. The van der Waals surface area contributed by atoms with E-state index >= 15 is 0 Å². The van der Waals surface area contributed by atoms with Gasteiger partial charge in [0.15, 0.2) is 0 Å². The van der Waals surface area contributed by atoms with Gasteiger partial charge in [0, 0.05) is 11.7 Å². The molecule has 0 aliphatic heterocycles. The third kappa shape index (κ3) is 2.99. The van der Waals surface area contributed by atoms with E-state index in [2.05, 4.69) is 17.6 Å². The molecule has 3 heteroatoms. The molecule has 0 radical (unpaired) electrons. The van der Waals surface area contributed by atoms with Crippen molar-refractivity contribution >= 4 is 11.7 Å². The molecule has 1 saturated carbocycles. The van der Waals surface area contributed by atoms with Crippen molar-refractivity contribution in [2.75, 3.05) is 5.32 Å². The fourth-order valence-electron chi connectivity index (χ4n) is 1.81. The monoisotopic (exact) mass is 218 g/mol. The highest BCUT2D eigenvalue weighted by Gasteiger charge is 2.28. The first-order valence-electron chi connectivity index (χ1n) is 5.79. The highest BCUT2D eigenvalue weighted by Crippen LogP contribution is 2.32. The fourth-order valence-corrected chi connectivity index (χ4v) is 1.81. The minimum atomic E-state index is -0.106. The van der Waals surface area contributed by atoms with E-state index in [9.17, 15) is 4.79 Å². The zero-order valence-corrected chi connectivity index (χ0v) is 9.79. The zero-order chi connectivity index (χ0) is 11.5. The summed E-state index contributed by atoms with van der Waals surface area (Å²) in [6.45, 7) is 4.07. The molecule has 2 N–H and O–H groups in total. The lowest BCUT2D eigenvalue weighted by Gasteiger charge is -2.13. The molecule has 1 aromatic carbocycles. The summed E-state index contributed by atoms with van der Waals surface area (Å²) in [5.74, 6) is 0.684. The maximum atomic E-state index is 11.6. The molecule has 1 aliphatic carbocycles. The van der Waals surface area contributed by atoms with E-state index < -0.39 is 0 Å². The van der Waals surface area contributed by atoms with Gasteiger partial charge < -0.3 is 10.6 Å². The molecule has 2 amide bonds. The number of rotatable bonds is 3. The van der Waals surface area contributed by atoms with Crippen LogP contribution >= 0.6 is 0 Å². The summed E-state index contributed by atoms with van der Waals surface area (Å²) in [4.78, 5) is 11.6. The van der Waals surface area contributed by atoms with Gasteiger partial charge in [0.25, 0.3) is 0 Å². The molecule has 1 atom stereocenters. The molecule has 1 unspecified atom stereocenters. The van der Waals surface area contributed by atoms with Crippen molar-refractivity contribution in [2.24, 2.45) is 5.92 Å². The van der Waals surface area contributed by atoms with Crippen LogP contribution in [0.5, 0.6) is 0 Å². The number of anilines is 1. The van der Waals surface area contributed by atoms with Gasteiger partial charge in [0.1, 0.15) is 0 Å². The summed E-state index contributed by atoms with van der Waals surface area (Å²) in [6, 6.07) is 7.98. The van der Waals surface area contributed by atoms with Crippen molar-refractivity contribution in [3.05, 3.63) is 29.8 Å². The molecule has 0 spiro atoms. The Hall–Kier alpha value is -1.51. The van der Waals surface area contributed by atoms with Crippen molar-refractivity contribution in [3.8, 4) is 0 Å². The number of carbonyl (C=O) groups is 1. The topological polar surface area (TPSA) is 41.1 Å². The summed E-state index contributed by atoms with van der Waals surface area (Å²) >= 11 is 0. The maximum Gasteiger partial charge on any atom is 0.319 e. The van der Waals surface area contributed by atoms with Crippen molar-refractivity contribution in [2.45, 2.75) is 32.7 Å². The van der Waals surface area contributed by atoms with Gasteiger partial charge in [-0.15, -0.1) is 0 Å². The lowest BCUT2D eigenvalue weighted by atomic mass is 10.2. The molecule has 2 rings (SSSR count). The highest BCUT2D eigenvalue weighted by atomic mass is 16.2. The van der Waals surface area contributed by atoms with E-state index in [1.54, 1.807) is 0 Å². The minimum absolute atomic E-state index is 0.106. The van der Waals surface area contributed by atoms with Gasteiger partial charge in [-0.25, -0.2) is 4.79 Å². The molecule has 1 fully saturated rings. The summed E-state index contributed by atoms with van der Waals surface area (Å²) in [5.41, 5.74) is 1.99. The normalized spacial score (nSPS) is 16.6. The lowest BCUT2D eigenvalue weighted by molar-refractivity contribution is 0.248. The number of amides is 2. The van der Waals surface area contributed by atoms with E-state index in [4.69, 9.17) is 0 Å². The Balaban J connectivity index is 1.86. The number of hydrogen-bond acceptors (Lipinski definition) is 1. The van der Waals surface area contributed by atoms with E-state index in [1.807, 2.05) is 31.2 Å². The Morgan fingerprint density at radius 3 is 2.81 bits per heavy atom. The van der Waals surface area contributed by atoms with Crippen LogP contribution in [0.15, 0.2) is 24.3 Å². The van der Waals surface area contributed by atoms with Crippen LogP contribution in [0.3, 0.4) is 0 Å².